The fraction of sp³-hybridized carbons (Fsp3) is 0.417. The minimum atomic E-state index is -0.466. The summed E-state index contributed by atoms with van der Waals surface area (Å²) in [5.41, 5.74) is 0.282. The number of hydrogen-bond acceptors (Lipinski definition) is 1. The molecule has 1 aromatic rings. The van der Waals surface area contributed by atoms with E-state index < -0.39 is 11.6 Å². The van der Waals surface area contributed by atoms with Crippen LogP contribution in [-0.4, -0.2) is 12.5 Å². The highest BCUT2D eigenvalue weighted by Crippen LogP contribution is 2.09. The number of hydrogen-bond donors (Lipinski definition) is 1. The molecule has 0 spiro atoms. The Hall–Kier alpha value is -1.45. The minimum absolute atomic E-state index is 0.0863. The predicted molar refractivity (Wildman–Crippen MR) is 57.9 cm³/mol. The SMILES string of the molecule is CC(C)C(=O)NCCc1cc(F)ccc1F. The number of rotatable bonds is 4. The molecule has 0 aromatic heterocycles. The summed E-state index contributed by atoms with van der Waals surface area (Å²) in [4.78, 5) is 11.2. The molecule has 0 bridgehead atoms. The second-order valence-corrected chi connectivity index (χ2v) is 3.93. The summed E-state index contributed by atoms with van der Waals surface area (Å²) in [6.07, 6.45) is 0.294. The van der Waals surface area contributed by atoms with E-state index in [0.29, 0.717) is 13.0 Å². The van der Waals surface area contributed by atoms with Gasteiger partial charge in [0.1, 0.15) is 11.6 Å². The average molecular weight is 227 g/mol. The van der Waals surface area contributed by atoms with Gasteiger partial charge in [0.25, 0.3) is 0 Å². The number of halogens is 2. The highest BCUT2D eigenvalue weighted by atomic mass is 19.1. The number of benzene rings is 1. The van der Waals surface area contributed by atoms with Gasteiger partial charge >= 0.3 is 0 Å². The van der Waals surface area contributed by atoms with Crippen molar-refractivity contribution in [2.75, 3.05) is 6.54 Å². The number of carbonyl (C=O) groups excluding carboxylic acids is 1. The van der Waals surface area contributed by atoms with Crippen LogP contribution >= 0.6 is 0 Å². The summed E-state index contributed by atoms with van der Waals surface area (Å²) >= 11 is 0. The summed E-state index contributed by atoms with van der Waals surface area (Å²) in [7, 11) is 0. The Bertz CT molecular complexity index is 377. The van der Waals surface area contributed by atoms with Gasteiger partial charge in [-0.2, -0.15) is 0 Å². The lowest BCUT2D eigenvalue weighted by Crippen LogP contribution is -2.29. The Morgan fingerprint density at radius 2 is 2.06 bits per heavy atom. The molecule has 1 rings (SSSR count). The smallest absolute Gasteiger partial charge is 0.222 e. The van der Waals surface area contributed by atoms with Crippen LogP contribution in [0.4, 0.5) is 8.78 Å². The summed E-state index contributed by atoms with van der Waals surface area (Å²) in [5.74, 6) is -1.10. The first-order valence-electron chi connectivity index (χ1n) is 5.22. The van der Waals surface area contributed by atoms with Gasteiger partial charge in [-0.05, 0) is 30.2 Å². The van der Waals surface area contributed by atoms with Crippen LogP contribution in [0.1, 0.15) is 19.4 Å². The third-order valence-electron chi connectivity index (χ3n) is 2.23. The third kappa shape index (κ3) is 3.61. The number of amides is 1. The van der Waals surface area contributed by atoms with E-state index in [2.05, 4.69) is 5.32 Å². The Morgan fingerprint density at radius 1 is 1.38 bits per heavy atom. The van der Waals surface area contributed by atoms with Gasteiger partial charge in [0.2, 0.25) is 5.91 Å². The quantitative estimate of drug-likeness (QED) is 0.840. The molecule has 0 saturated heterocycles. The fourth-order valence-electron chi connectivity index (χ4n) is 1.26. The molecule has 0 fully saturated rings. The van der Waals surface area contributed by atoms with E-state index in [-0.39, 0.29) is 17.4 Å². The first-order valence-corrected chi connectivity index (χ1v) is 5.22. The molecule has 0 aliphatic carbocycles. The van der Waals surface area contributed by atoms with Gasteiger partial charge in [-0.25, -0.2) is 8.78 Å². The highest BCUT2D eigenvalue weighted by molar-refractivity contribution is 5.77. The van der Waals surface area contributed by atoms with E-state index in [9.17, 15) is 13.6 Å². The molecule has 16 heavy (non-hydrogen) atoms. The normalized spacial score (nSPS) is 10.6. The zero-order valence-corrected chi connectivity index (χ0v) is 9.39. The molecule has 0 unspecified atom stereocenters. The van der Waals surface area contributed by atoms with Gasteiger partial charge in [0.15, 0.2) is 0 Å². The van der Waals surface area contributed by atoms with Crippen molar-refractivity contribution in [2.24, 2.45) is 5.92 Å². The van der Waals surface area contributed by atoms with Crippen molar-refractivity contribution in [1.82, 2.24) is 5.32 Å². The fourth-order valence-corrected chi connectivity index (χ4v) is 1.26. The summed E-state index contributed by atoms with van der Waals surface area (Å²) in [6, 6.07) is 3.32. The van der Waals surface area contributed by atoms with Crippen molar-refractivity contribution >= 4 is 5.91 Å². The van der Waals surface area contributed by atoms with E-state index >= 15 is 0 Å². The van der Waals surface area contributed by atoms with Gasteiger partial charge in [0.05, 0.1) is 0 Å². The molecule has 1 amide bonds. The lowest BCUT2D eigenvalue weighted by Gasteiger charge is -2.08. The number of carbonyl (C=O) groups is 1. The molecule has 0 saturated carbocycles. The van der Waals surface area contributed by atoms with Crippen molar-refractivity contribution < 1.29 is 13.6 Å². The van der Waals surface area contributed by atoms with E-state index in [0.717, 1.165) is 18.2 Å². The molecule has 88 valence electrons. The molecule has 0 atom stereocenters. The maximum absolute atomic E-state index is 13.2. The highest BCUT2D eigenvalue weighted by Gasteiger charge is 2.07. The Morgan fingerprint density at radius 3 is 2.69 bits per heavy atom. The zero-order valence-electron chi connectivity index (χ0n) is 9.39. The summed E-state index contributed by atoms with van der Waals surface area (Å²) in [5, 5.41) is 2.65. The number of nitrogens with one attached hydrogen (secondary N) is 1. The van der Waals surface area contributed by atoms with Crippen LogP contribution in [0, 0.1) is 17.6 Å². The largest absolute Gasteiger partial charge is 0.356 e. The van der Waals surface area contributed by atoms with E-state index in [4.69, 9.17) is 0 Å². The molecule has 0 radical (unpaired) electrons. The first-order chi connectivity index (χ1) is 7.50. The molecule has 1 aromatic carbocycles. The van der Waals surface area contributed by atoms with Crippen molar-refractivity contribution in [1.29, 1.82) is 0 Å². The van der Waals surface area contributed by atoms with E-state index in [1.807, 2.05) is 0 Å². The van der Waals surface area contributed by atoms with Crippen LogP contribution in [0.2, 0.25) is 0 Å². The van der Waals surface area contributed by atoms with Crippen molar-refractivity contribution in [3.8, 4) is 0 Å². The second-order valence-electron chi connectivity index (χ2n) is 3.93. The molecule has 4 heteroatoms. The molecular formula is C12H15F2NO. The van der Waals surface area contributed by atoms with Crippen molar-refractivity contribution in [3.05, 3.63) is 35.4 Å². The van der Waals surface area contributed by atoms with Gasteiger partial charge in [-0.1, -0.05) is 13.8 Å². The summed E-state index contributed by atoms with van der Waals surface area (Å²) < 4.78 is 26.0. The lowest BCUT2D eigenvalue weighted by molar-refractivity contribution is -0.123. The first kappa shape index (κ1) is 12.6. The van der Waals surface area contributed by atoms with E-state index in [1.54, 1.807) is 13.8 Å². The van der Waals surface area contributed by atoms with Gasteiger partial charge in [-0.3, -0.25) is 4.79 Å². The zero-order chi connectivity index (χ0) is 12.1. The Balaban J connectivity index is 2.49. The van der Waals surface area contributed by atoms with Gasteiger partial charge in [0, 0.05) is 12.5 Å². The van der Waals surface area contributed by atoms with E-state index in [1.165, 1.54) is 0 Å². The molecule has 0 aliphatic heterocycles. The van der Waals surface area contributed by atoms with Crippen LogP contribution in [0.5, 0.6) is 0 Å². The monoisotopic (exact) mass is 227 g/mol. The Kier molecular flexibility index (Phi) is 4.40. The molecule has 0 heterocycles. The topological polar surface area (TPSA) is 29.1 Å². The molecule has 0 aliphatic rings. The van der Waals surface area contributed by atoms with Crippen LogP contribution in [-0.2, 0) is 11.2 Å². The maximum atomic E-state index is 13.2. The van der Waals surface area contributed by atoms with Gasteiger partial charge in [-0.15, -0.1) is 0 Å². The van der Waals surface area contributed by atoms with Crippen LogP contribution in [0.3, 0.4) is 0 Å². The second kappa shape index (κ2) is 5.58. The molecule has 1 N–H and O–H groups in total. The molecular weight excluding hydrogens is 212 g/mol. The lowest BCUT2D eigenvalue weighted by atomic mass is 10.1. The average Bonchev–Trinajstić information content (AvgIpc) is 2.22. The van der Waals surface area contributed by atoms with Crippen LogP contribution < -0.4 is 5.32 Å². The standard InChI is InChI=1S/C12H15F2NO/c1-8(2)12(16)15-6-5-9-7-10(13)3-4-11(9)14/h3-4,7-8H,5-6H2,1-2H3,(H,15,16). The van der Waals surface area contributed by atoms with Crippen LogP contribution in [0.25, 0.3) is 0 Å². The summed E-state index contributed by atoms with van der Waals surface area (Å²) in [6.45, 7) is 3.87. The van der Waals surface area contributed by atoms with Crippen LogP contribution in [0.15, 0.2) is 18.2 Å². The Labute approximate surface area is 93.7 Å². The van der Waals surface area contributed by atoms with Gasteiger partial charge < -0.3 is 5.32 Å². The predicted octanol–water partition coefficient (Wildman–Crippen LogP) is 2.28. The third-order valence-corrected chi connectivity index (χ3v) is 2.23. The van der Waals surface area contributed by atoms with Crippen molar-refractivity contribution in [3.63, 3.8) is 0 Å². The molecule has 2 nitrogen and oxygen atoms in total. The minimum Gasteiger partial charge on any atom is -0.356 e. The maximum Gasteiger partial charge on any atom is 0.222 e. The van der Waals surface area contributed by atoms with Crippen molar-refractivity contribution in [2.45, 2.75) is 20.3 Å².